The standard InChI is InChI=1S/C17H30N4O.HI/c1-7-9-10-21(5)17(18-8-2)20-12-15-14(4)16(22-6)13(3)11-19-15;/h11H,7-10,12H2,1-6H3,(H,18,20);1H. The van der Waals surface area contributed by atoms with E-state index in [0.29, 0.717) is 6.54 Å². The zero-order valence-corrected chi connectivity index (χ0v) is 17.6. The second kappa shape index (κ2) is 11.5. The highest BCUT2D eigenvalue weighted by molar-refractivity contribution is 14.0. The van der Waals surface area contributed by atoms with E-state index >= 15 is 0 Å². The van der Waals surface area contributed by atoms with Gasteiger partial charge in [-0.2, -0.15) is 0 Å². The van der Waals surface area contributed by atoms with Gasteiger partial charge < -0.3 is 15.0 Å². The van der Waals surface area contributed by atoms with Crippen LogP contribution in [-0.4, -0.2) is 43.1 Å². The second-order valence-electron chi connectivity index (χ2n) is 5.49. The fourth-order valence-corrected chi connectivity index (χ4v) is 2.35. The number of aromatic nitrogens is 1. The topological polar surface area (TPSA) is 49.8 Å². The van der Waals surface area contributed by atoms with E-state index in [4.69, 9.17) is 9.73 Å². The van der Waals surface area contributed by atoms with Crippen LogP contribution in [0.3, 0.4) is 0 Å². The molecule has 0 aromatic carbocycles. The zero-order chi connectivity index (χ0) is 16.5. The summed E-state index contributed by atoms with van der Waals surface area (Å²) in [5, 5.41) is 3.34. The number of methoxy groups -OCH3 is 1. The highest BCUT2D eigenvalue weighted by Gasteiger charge is 2.10. The summed E-state index contributed by atoms with van der Waals surface area (Å²) in [6, 6.07) is 0. The number of rotatable bonds is 7. The summed E-state index contributed by atoms with van der Waals surface area (Å²) in [6.07, 6.45) is 4.19. The molecule has 1 aromatic heterocycles. The lowest BCUT2D eigenvalue weighted by atomic mass is 10.1. The molecule has 1 N–H and O–H groups in total. The zero-order valence-electron chi connectivity index (χ0n) is 15.3. The maximum Gasteiger partial charge on any atom is 0.194 e. The molecule has 1 heterocycles. The molecule has 6 heteroatoms. The molecule has 0 fully saturated rings. The predicted molar refractivity (Wildman–Crippen MR) is 108 cm³/mol. The van der Waals surface area contributed by atoms with Gasteiger partial charge in [0.1, 0.15) is 5.75 Å². The van der Waals surface area contributed by atoms with Crippen molar-refractivity contribution in [2.45, 2.75) is 47.1 Å². The third-order valence-electron chi connectivity index (χ3n) is 3.67. The Bertz CT molecular complexity index is 506. The van der Waals surface area contributed by atoms with Crippen molar-refractivity contribution in [3.63, 3.8) is 0 Å². The van der Waals surface area contributed by atoms with E-state index < -0.39 is 0 Å². The number of nitrogens with one attached hydrogen (secondary N) is 1. The lowest BCUT2D eigenvalue weighted by Crippen LogP contribution is -2.39. The van der Waals surface area contributed by atoms with Crippen LogP contribution in [0.4, 0.5) is 0 Å². The van der Waals surface area contributed by atoms with Gasteiger partial charge in [0.15, 0.2) is 5.96 Å². The van der Waals surface area contributed by atoms with Crippen molar-refractivity contribution in [3.05, 3.63) is 23.0 Å². The molecule has 0 saturated heterocycles. The molecule has 0 radical (unpaired) electrons. The van der Waals surface area contributed by atoms with Crippen molar-refractivity contribution in [3.8, 4) is 5.75 Å². The van der Waals surface area contributed by atoms with Gasteiger partial charge in [-0.1, -0.05) is 13.3 Å². The first-order valence-corrected chi connectivity index (χ1v) is 8.03. The number of guanidine groups is 1. The van der Waals surface area contributed by atoms with Gasteiger partial charge in [-0.05, 0) is 27.2 Å². The van der Waals surface area contributed by atoms with Crippen LogP contribution < -0.4 is 10.1 Å². The van der Waals surface area contributed by atoms with Gasteiger partial charge in [0.25, 0.3) is 0 Å². The van der Waals surface area contributed by atoms with Crippen LogP contribution in [0.2, 0.25) is 0 Å². The Kier molecular flexibility index (Phi) is 11.0. The molecule has 0 bridgehead atoms. The van der Waals surface area contributed by atoms with E-state index in [1.54, 1.807) is 7.11 Å². The number of unbranched alkanes of at least 4 members (excludes halogenated alkanes) is 1. The maximum absolute atomic E-state index is 5.46. The summed E-state index contributed by atoms with van der Waals surface area (Å²) in [4.78, 5) is 11.4. The molecule has 0 unspecified atom stereocenters. The van der Waals surface area contributed by atoms with E-state index in [1.807, 2.05) is 20.0 Å². The lowest BCUT2D eigenvalue weighted by molar-refractivity contribution is 0.407. The highest BCUT2D eigenvalue weighted by atomic mass is 127. The van der Waals surface area contributed by atoms with E-state index in [9.17, 15) is 0 Å². The largest absolute Gasteiger partial charge is 0.496 e. The number of hydrogen-bond acceptors (Lipinski definition) is 3. The minimum Gasteiger partial charge on any atom is -0.496 e. The molecular weight excluding hydrogens is 403 g/mol. The van der Waals surface area contributed by atoms with Gasteiger partial charge in [-0.25, -0.2) is 4.99 Å². The van der Waals surface area contributed by atoms with Crippen LogP contribution in [0.25, 0.3) is 0 Å². The Hall–Kier alpha value is -1.05. The molecule has 0 saturated carbocycles. The first-order valence-electron chi connectivity index (χ1n) is 8.03. The Morgan fingerprint density at radius 3 is 2.61 bits per heavy atom. The minimum absolute atomic E-state index is 0. The number of aryl methyl sites for hydroxylation is 1. The Labute approximate surface area is 157 Å². The van der Waals surface area contributed by atoms with E-state index in [1.165, 1.54) is 6.42 Å². The highest BCUT2D eigenvalue weighted by Crippen LogP contribution is 2.24. The van der Waals surface area contributed by atoms with E-state index in [0.717, 1.165) is 48.0 Å². The third-order valence-corrected chi connectivity index (χ3v) is 3.67. The minimum atomic E-state index is 0. The smallest absolute Gasteiger partial charge is 0.194 e. The number of aliphatic imine (C=N–C) groups is 1. The number of pyridine rings is 1. The summed E-state index contributed by atoms with van der Waals surface area (Å²) >= 11 is 0. The molecule has 0 atom stereocenters. The third kappa shape index (κ3) is 6.53. The number of nitrogens with zero attached hydrogens (tertiary/aromatic N) is 3. The summed E-state index contributed by atoms with van der Waals surface area (Å²) in [5.41, 5.74) is 3.08. The quantitative estimate of drug-likeness (QED) is 0.405. The number of hydrogen-bond donors (Lipinski definition) is 1. The monoisotopic (exact) mass is 434 g/mol. The van der Waals surface area contributed by atoms with E-state index in [2.05, 4.69) is 36.1 Å². The van der Waals surface area contributed by atoms with Crippen molar-refractivity contribution in [1.29, 1.82) is 0 Å². The molecule has 0 spiro atoms. The Balaban J connectivity index is 0.00000484. The SMILES string of the molecule is CCCCN(C)C(=NCc1ncc(C)c(OC)c1C)NCC.I. The average molecular weight is 434 g/mol. The van der Waals surface area contributed by atoms with Crippen molar-refractivity contribution >= 4 is 29.9 Å². The molecule has 0 aliphatic heterocycles. The maximum atomic E-state index is 5.46. The average Bonchev–Trinajstić information content (AvgIpc) is 2.51. The summed E-state index contributed by atoms with van der Waals surface area (Å²) in [7, 11) is 3.78. The molecule has 0 aliphatic rings. The van der Waals surface area contributed by atoms with Crippen LogP contribution in [0.5, 0.6) is 5.75 Å². The normalized spacial score (nSPS) is 11.0. The van der Waals surface area contributed by atoms with Gasteiger partial charge >= 0.3 is 0 Å². The predicted octanol–water partition coefficient (Wildman–Crippen LogP) is 3.52. The fourth-order valence-electron chi connectivity index (χ4n) is 2.35. The number of halogens is 1. The summed E-state index contributed by atoms with van der Waals surface area (Å²) in [6.45, 7) is 10.8. The van der Waals surface area contributed by atoms with E-state index in [-0.39, 0.29) is 24.0 Å². The fraction of sp³-hybridized carbons (Fsp3) is 0.647. The lowest BCUT2D eigenvalue weighted by Gasteiger charge is -2.22. The van der Waals surface area contributed by atoms with Crippen LogP contribution in [0, 0.1) is 13.8 Å². The van der Waals surface area contributed by atoms with Gasteiger partial charge in [0.05, 0.1) is 19.3 Å². The van der Waals surface area contributed by atoms with Crippen molar-refractivity contribution < 1.29 is 4.74 Å². The van der Waals surface area contributed by atoms with Crippen molar-refractivity contribution in [2.24, 2.45) is 4.99 Å². The van der Waals surface area contributed by atoms with Crippen LogP contribution in [-0.2, 0) is 6.54 Å². The van der Waals surface area contributed by atoms with Gasteiger partial charge in [-0.3, -0.25) is 4.98 Å². The van der Waals surface area contributed by atoms with Crippen LogP contribution >= 0.6 is 24.0 Å². The first-order chi connectivity index (χ1) is 10.5. The van der Waals surface area contributed by atoms with Crippen LogP contribution in [0.1, 0.15) is 43.5 Å². The summed E-state index contributed by atoms with van der Waals surface area (Å²) < 4.78 is 5.46. The molecule has 5 nitrogen and oxygen atoms in total. The molecule has 0 amide bonds. The molecule has 23 heavy (non-hydrogen) atoms. The van der Waals surface area contributed by atoms with Gasteiger partial charge in [0.2, 0.25) is 0 Å². The van der Waals surface area contributed by atoms with Gasteiger partial charge in [-0.15, -0.1) is 24.0 Å². The van der Waals surface area contributed by atoms with Crippen LogP contribution in [0.15, 0.2) is 11.2 Å². The molecular formula is C17H31IN4O. The van der Waals surface area contributed by atoms with Crippen molar-refractivity contribution in [1.82, 2.24) is 15.2 Å². The second-order valence-corrected chi connectivity index (χ2v) is 5.49. The Morgan fingerprint density at radius 2 is 2.04 bits per heavy atom. The first kappa shape index (κ1) is 21.9. The van der Waals surface area contributed by atoms with Gasteiger partial charge in [0, 0.05) is 37.5 Å². The number of ether oxygens (including phenoxy) is 1. The Morgan fingerprint density at radius 1 is 1.35 bits per heavy atom. The molecule has 1 aromatic rings. The van der Waals surface area contributed by atoms with Crippen molar-refractivity contribution in [2.75, 3.05) is 27.2 Å². The molecule has 132 valence electrons. The molecule has 0 aliphatic carbocycles. The molecule has 1 rings (SSSR count). The summed E-state index contributed by atoms with van der Waals surface area (Å²) in [5.74, 6) is 1.83.